The third-order valence-corrected chi connectivity index (χ3v) is 14.4. The Bertz CT molecular complexity index is 1440. The molecular formula is C63H117N2O7P. The van der Waals surface area contributed by atoms with Crippen molar-refractivity contribution in [1.82, 2.24) is 5.32 Å². The van der Waals surface area contributed by atoms with Crippen LogP contribution in [0.4, 0.5) is 0 Å². The van der Waals surface area contributed by atoms with Crippen molar-refractivity contribution in [3.05, 3.63) is 60.8 Å². The number of likely N-dealkylation sites (N-methyl/N-ethyl adjacent to an activating group) is 1. The fraction of sp³-hybridized carbons (Fsp3) is 0.810. The third kappa shape index (κ3) is 54.3. The van der Waals surface area contributed by atoms with E-state index in [4.69, 9.17) is 13.8 Å². The highest BCUT2D eigenvalue weighted by Crippen LogP contribution is 2.38. The van der Waals surface area contributed by atoms with E-state index in [1.807, 2.05) is 33.3 Å². The number of nitrogens with zero attached hydrogens (tertiary/aromatic N) is 1. The minimum Gasteiger partial charge on any atom is -0.756 e. The van der Waals surface area contributed by atoms with Crippen molar-refractivity contribution in [2.24, 2.45) is 0 Å². The van der Waals surface area contributed by atoms with Crippen LogP contribution in [-0.4, -0.2) is 69.4 Å². The quantitative estimate of drug-likeness (QED) is 0.0212. The van der Waals surface area contributed by atoms with Crippen LogP contribution in [0.5, 0.6) is 0 Å². The largest absolute Gasteiger partial charge is 0.756 e. The first-order chi connectivity index (χ1) is 35.4. The highest BCUT2D eigenvalue weighted by Gasteiger charge is 2.27. The molecule has 0 radical (unpaired) electrons. The zero-order chi connectivity index (χ0) is 53.6. The number of carbonyl (C=O) groups excluding carboxylic acids is 2. The molecule has 0 saturated heterocycles. The number of unbranched alkanes of at least 4 members (excludes halogenated alkanes) is 31. The number of phosphoric acid groups is 1. The highest BCUT2D eigenvalue weighted by atomic mass is 31.2. The van der Waals surface area contributed by atoms with Gasteiger partial charge in [0.25, 0.3) is 7.82 Å². The molecule has 73 heavy (non-hydrogen) atoms. The molecule has 0 bridgehead atoms. The minimum absolute atomic E-state index is 0.0251. The van der Waals surface area contributed by atoms with Crippen molar-refractivity contribution < 1.29 is 37.3 Å². The summed E-state index contributed by atoms with van der Waals surface area (Å²) >= 11 is 0. The summed E-state index contributed by atoms with van der Waals surface area (Å²) in [5, 5.41) is 3.02. The summed E-state index contributed by atoms with van der Waals surface area (Å²) in [6.07, 6.45) is 66.1. The number of rotatable bonds is 55. The summed E-state index contributed by atoms with van der Waals surface area (Å²) in [5.41, 5.74) is 0. The normalized spacial score (nSPS) is 14.1. The van der Waals surface area contributed by atoms with E-state index in [0.29, 0.717) is 17.4 Å². The minimum atomic E-state index is -4.70. The van der Waals surface area contributed by atoms with E-state index in [1.54, 1.807) is 0 Å². The van der Waals surface area contributed by atoms with Crippen molar-refractivity contribution in [3.8, 4) is 0 Å². The molecule has 9 nitrogen and oxygen atoms in total. The van der Waals surface area contributed by atoms with Gasteiger partial charge in [0.05, 0.1) is 33.8 Å². The molecule has 0 aliphatic carbocycles. The first-order valence-electron chi connectivity index (χ1n) is 30.6. The molecule has 0 aromatic carbocycles. The Labute approximate surface area is 451 Å². The Hall–Kier alpha value is -2.29. The van der Waals surface area contributed by atoms with Crippen LogP contribution in [0.1, 0.15) is 278 Å². The van der Waals surface area contributed by atoms with Crippen molar-refractivity contribution in [2.75, 3.05) is 40.9 Å². The zero-order valence-corrected chi connectivity index (χ0v) is 49.5. The smallest absolute Gasteiger partial charge is 0.306 e. The number of quaternary nitrogens is 1. The van der Waals surface area contributed by atoms with E-state index in [9.17, 15) is 19.0 Å². The van der Waals surface area contributed by atoms with Crippen LogP contribution >= 0.6 is 7.82 Å². The van der Waals surface area contributed by atoms with E-state index in [-0.39, 0.29) is 24.9 Å². The third-order valence-electron chi connectivity index (χ3n) is 13.4. The fourth-order valence-corrected chi connectivity index (χ4v) is 9.43. The molecule has 0 saturated carbocycles. The van der Waals surface area contributed by atoms with Crippen LogP contribution in [0.3, 0.4) is 0 Å². The lowest BCUT2D eigenvalue weighted by molar-refractivity contribution is -0.870. The van der Waals surface area contributed by atoms with Crippen LogP contribution in [0.2, 0.25) is 0 Å². The number of amides is 1. The summed E-state index contributed by atoms with van der Waals surface area (Å²) in [5.74, 6) is -0.549. The van der Waals surface area contributed by atoms with Gasteiger partial charge in [-0.2, -0.15) is 0 Å². The van der Waals surface area contributed by atoms with Crippen molar-refractivity contribution in [1.29, 1.82) is 0 Å². The highest BCUT2D eigenvalue weighted by molar-refractivity contribution is 7.45. The maximum atomic E-state index is 13.5. The number of nitrogens with one attached hydrogen (secondary N) is 1. The Balaban J connectivity index is 5.22. The van der Waals surface area contributed by atoms with Crippen LogP contribution in [-0.2, 0) is 27.9 Å². The van der Waals surface area contributed by atoms with E-state index >= 15 is 0 Å². The molecule has 0 heterocycles. The summed E-state index contributed by atoms with van der Waals surface area (Å²) in [7, 11) is 1.18. The van der Waals surface area contributed by atoms with Crippen molar-refractivity contribution >= 4 is 19.7 Å². The fourth-order valence-electron chi connectivity index (χ4n) is 8.71. The van der Waals surface area contributed by atoms with Gasteiger partial charge >= 0.3 is 5.97 Å². The first-order valence-corrected chi connectivity index (χ1v) is 32.1. The number of phosphoric ester groups is 1. The number of carbonyl (C=O) groups is 2. The van der Waals surface area contributed by atoms with Crippen molar-refractivity contribution in [2.45, 2.75) is 290 Å². The van der Waals surface area contributed by atoms with Gasteiger partial charge in [0.15, 0.2) is 0 Å². The molecule has 3 unspecified atom stereocenters. The Morgan fingerprint density at radius 3 is 1.33 bits per heavy atom. The van der Waals surface area contributed by atoms with Gasteiger partial charge in [0.2, 0.25) is 5.91 Å². The van der Waals surface area contributed by atoms with Gasteiger partial charge in [-0.05, 0) is 89.5 Å². The molecule has 1 amide bonds. The summed E-state index contributed by atoms with van der Waals surface area (Å²) < 4.78 is 30.3. The molecule has 10 heteroatoms. The van der Waals surface area contributed by atoms with Gasteiger partial charge in [-0.25, -0.2) is 0 Å². The molecule has 0 rings (SSSR count). The zero-order valence-electron chi connectivity index (χ0n) is 48.6. The molecule has 0 fully saturated rings. The molecule has 0 aliphatic heterocycles. The summed E-state index contributed by atoms with van der Waals surface area (Å²) in [4.78, 5) is 39.9. The molecule has 3 atom stereocenters. The molecule has 0 aliphatic rings. The average Bonchev–Trinajstić information content (AvgIpc) is 3.35. The molecule has 0 aromatic heterocycles. The summed E-state index contributed by atoms with van der Waals surface area (Å²) in [6, 6.07) is -0.893. The summed E-state index contributed by atoms with van der Waals surface area (Å²) in [6.45, 7) is 6.72. The Kier molecular flexibility index (Phi) is 51.5. The number of allylic oxidation sites excluding steroid dienone is 9. The number of hydrogen-bond acceptors (Lipinski definition) is 7. The van der Waals surface area contributed by atoms with Crippen LogP contribution in [0, 0.1) is 0 Å². The van der Waals surface area contributed by atoms with E-state index in [1.165, 1.54) is 154 Å². The van der Waals surface area contributed by atoms with Gasteiger partial charge in [-0.15, -0.1) is 0 Å². The predicted octanol–water partition coefficient (Wildman–Crippen LogP) is 18.0. The second kappa shape index (κ2) is 53.1. The first kappa shape index (κ1) is 70.7. The van der Waals surface area contributed by atoms with Gasteiger partial charge in [0.1, 0.15) is 19.3 Å². The van der Waals surface area contributed by atoms with Gasteiger partial charge in [-0.1, -0.05) is 236 Å². The van der Waals surface area contributed by atoms with Crippen LogP contribution in [0.15, 0.2) is 60.8 Å². The lowest BCUT2D eigenvalue weighted by Crippen LogP contribution is -2.47. The van der Waals surface area contributed by atoms with Gasteiger partial charge in [-0.3, -0.25) is 14.2 Å². The van der Waals surface area contributed by atoms with Gasteiger partial charge in [0, 0.05) is 12.8 Å². The predicted molar refractivity (Wildman–Crippen MR) is 312 cm³/mol. The molecule has 426 valence electrons. The second-order valence-electron chi connectivity index (χ2n) is 21.8. The maximum absolute atomic E-state index is 13.5. The monoisotopic (exact) mass is 1040 g/mol. The lowest BCUT2D eigenvalue weighted by atomic mass is 10.0. The Morgan fingerprint density at radius 1 is 0.493 bits per heavy atom. The maximum Gasteiger partial charge on any atom is 0.306 e. The number of esters is 1. The topological polar surface area (TPSA) is 114 Å². The van der Waals surface area contributed by atoms with Crippen molar-refractivity contribution in [3.63, 3.8) is 0 Å². The van der Waals surface area contributed by atoms with Crippen LogP contribution < -0.4 is 10.2 Å². The van der Waals surface area contributed by atoms with Gasteiger partial charge < -0.3 is 28.5 Å². The number of ether oxygens (including phenoxy) is 1. The van der Waals surface area contributed by atoms with Crippen LogP contribution in [0.25, 0.3) is 0 Å². The number of hydrogen-bond donors (Lipinski definition) is 1. The SMILES string of the molecule is CC/C=C/C/C=C/CCCCCCCCCC(=O)NC(COP(=O)([O-])OCC[N+](C)(C)C)C(/C=C\CCCCCCCCCCCC)OC(=O)CCCCCCCCCCCCC/C=C\C/C=C\CCCCC. The average molecular weight is 1050 g/mol. The second-order valence-corrected chi connectivity index (χ2v) is 23.2. The molecule has 0 aromatic rings. The standard InChI is InChI=1S/C63H117N2O7P/c1-7-10-13-16-19-22-25-28-30-31-32-33-34-35-36-38-41-44-47-50-53-56-63(67)72-61(54-51-48-45-42-39-27-24-21-18-15-12-9-3)60(59-71-73(68,69)70-58-57-65(4,5)6)64-62(66)55-52-49-46-43-40-37-29-26-23-20-17-14-11-8-2/h11,14,19-20,22-23,28,30,51,54,60-61H,7-10,12-13,15-18,21,24-27,29,31-50,52-53,55-59H2,1-6H3,(H-,64,66,68,69)/b14-11+,22-19-,23-20+,30-28-,54-51-. The Morgan fingerprint density at radius 2 is 0.877 bits per heavy atom. The van der Waals surface area contributed by atoms with E-state index in [2.05, 4.69) is 74.7 Å². The van der Waals surface area contributed by atoms with E-state index < -0.39 is 26.6 Å². The molecule has 0 spiro atoms. The molecular weight excluding hydrogens is 928 g/mol. The molecule has 1 N–H and O–H groups in total. The van der Waals surface area contributed by atoms with E-state index in [0.717, 1.165) is 89.9 Å². The lowest BCUT2D eigenvalue weighted by Gasteiger charge is -2.30.